The van der Waals surface area contributed by atoms with Gasteiger partial charge in [-0.05, 0) is 55.7 Å². The number of anilines is 1. The van der Waals surface area contributed by atoms with E-state index in [1.165, 1.54) is 24.4 Å². The predicted molar refractivity (Wildman–Crippen MR) is 175 cm³/mol. The number of hydrogen-bond acceptors (Lipinski definition) is 8. The molecule has 4 aromatic rings. The molecule has 51 heavy (non-hydrogen) atoms. The quantitative estimate of drug-likeness (QED) is 0.192. The SMILES string of the molecule is C#Cc1c(F)ccc2cc(O)cc(-c3ncc4c(N5CC6CC(C5)N6C(=O)C(F)(F)F)nc(OCC5(CN6CCC(F)CC6)CC5)nc4c3F)c12. The van der Waals surface area contributed by atoms with Crippen molar-refractivity contribution >= 4 is 33.4 Å². The first kappa shape index (κ1) is 33.3. The number of hydrogen-bond donors (Lipinski definition) is 1. The smallest absolute Gasteiger partial charge is 0.471 e. The van der Waals surface area contributed by atoms with E-state index in [0.29, 0.717) is 44.3 Å². The van der Waals surface area contributed by atoms with Crippen LogP contribution in [0.5, 0.6) is 11.8 Å². The fourth-order valence-corrected chi connectivity index (χ4v) is 7.80. The Labute approximate surface area is 288 Å². The van der Waals surface area contributed by atoms with Crippen molar-refractivity contribution in [3.63, 3.8) is 0 Å². The van der Waals surface area contributed by atoms with Crippen LogP contribution in [0, 0.1) is 29.4 Å². The van der Waals surface area contributed by atoms with Gasteiger partial charge in [0.2, 0.25) is 0 Å². The molecule has 5 aliphatic rings. The van der Waals surface area contributed by atoms with Gasteiger partial charge in [-0.2, -0.15) is 23.1 Å². The van der Waals surface area contributed by atoms with Gasteiger partial charge in [-0.3, -0.25) is 9.78 Å². The minimum atomic E-state index is -5.01. The van der Waals surface area contributed by atoms with Crippen LogP contribution in [0.4, 0.5) is 32.2 Å². The Morgan fingerprint density at radius 1 is 1.10 bits per heavy atom. The Kier molecular flexibility index (Phi) is 7.93. The van der Waals surface area contributed by atoms with Crippen LogP contribution < -0.4 is 9.64 Å². The topological polar surface area (TPSA) is 94.9 Å². The normalized spacial score (nSPS) is 21.8. The monoisotopic (exact) mass is 710 g/mol. The molecule has 1 amide bonds. The molecule has 1 aliphatic carbocycles. The second-order valence-corrected chi connectivity index (χ2v) is 14.1. The molecule has 1 saturated carbocycles. The summed E-state index contributed by atoms with van der Waals surface area (Å²) in [7, 11) is 0. The van der Waals surface area contributed by atoms with Crippen molar-refractivity contribution in [1.82, 2.24) is 24.8 Å². The van der Waals surface area contributed by atoms with E-state index in [1.54, 1.807) is 4.90 Å². The standard InChI is InChI=1S/C36H32F6N6O3/c1-2-24-27(38)4-3-19-11-23(49)13-25(28(19)24)30-29(39)31-26(14-43-30)32(47-15-21-12-22(16-47)48(21)33(50)36(40,41)42)45-34(44-31)51-18-35(7-8-35)17-46-9-5-20(37)6-10-46/h1,3-4,11,13-14,20-22,49H,5-10,12,15-18H2. The first-order valence-electron chi connectivity index (χ1n) is 16.8. The molecule has 2 aromatic heterocycles. The highest BCUT2D eigenvalue weighted by Gasteiger charge is 2.55. The summed E-state index contributed by atoms with van der Waals surface area (Å²) in [6.45, 7) is 2.18. The van der Waals surface area contributed by atoms with E-state index < -0.39 is 42.0 Å². The second-order valence-electron chi connectivity index (χ2n) is 14.1. The zero-order valence-electron chi connectivity index (χ0n) is 27.2. The molecule has 5 fully saturated rings. The highest BCUT2D eigenvalue weighted by atomic mass is 19.4. The highest BCUT2D eigenvalue weighted by molar-refractivity contribution is 6.03. The van der Waals surface area contributed by atoms with Crippen molar-refractivity contribution < 1.29 is 41.0 Å². The van der Waals surface area contributed by atoms with Gasteiger partial charge in [-0.1, -0.05) is 12.0 Å². The molecule has 9 nitrogen and oxygen atoms in total. The number of piperidine rings is 2. The third kappa shape index (κ3) is 5.92. The van der Waals surface area contributed by atoms with Gasteiger partial charge in [-0.25, -0.2) is 13.2 Å². The molecule has 6 heterocycles. The van der Waals surface area contributed by atoms with Crippen LogP contribution in [0.3, 0.4) is 0 Å². The van der Waals surface area contributed by atoms with Crippen LogP contribution >= 0.6 is 0 Å². The van der Waals surface area contributed by atoms with Gasteiger partial charge in [-0.15, -0.1) is 6.42 Å². The average molecular weight is 711 g/mol. The number of amides is 1. The van der Waals surface area contributed by atoms with Crippen LogP contribution in [0.25, 0.3) is 32.9 Å². The summed E-state index contributed by atoms with van der Waals surface area (Å²) in [5, 5.41) is 11.2. The van der Waals surface area contributed by atoms with Crippen LogP contribution in [0.1, 0.15) is 37.7 Å². The number of alkyl halides is 4. The number of piperazine rings is 1. The lowest BCUT2D eigenvalue weighted by Crippen LogP contribution is -2.72. The molecule has 0 spiro atoms. The molecule has 15 heteroatoms. The van der Waals surface area contributed by atoms with E-state index in [9.17, 15) is 31.9 Å². The maximum atomic E-state index is 16.8. The number of fused-ring (bicyclic) bond motifs is 4. The number of halogens is 6. The molecule has 4 aliphatic heterocycles. The van der Waals surface area contributed by atoms with Crippen LogP contribution in [0.2, 0.25) is 0 Å². The van der Waals surface area contributed by atoms with Gasteiger partial charge in [0.1, 0.15) is 34.8 Å². The number of likely N-dealkylation sites (tertiary alicyclic amines) is 1. The van der Waals surface area contributed by atoms with Gasteiger partial charge in [0.05, 0.1) is 29.6 Å². The Morgan fingerprint density at radius 2 is 1.82 bits per heavy atom. The van der Waals surface area contributed by atoms with Crippen molar-refractivity contribution in [2.45, 2.75) is 56.5 Å². The summed E-state index contributed by atoms with van der Waals surface area (Å²) in [5.41, 5.74) is -0.835. The molecule has 4 saturated heterocycles. The van der Waals surface area contributed by atoms with Crippen LogP contribution in [0.15, 0.2) is 30.5 Å². The lowest BCUT2D eigenvalue weighted by molar-refractivity contribution is -0.199. The van der Waals surface area contributed by atoms with E-state index in [2.05, 4.69) is 25.8 Å². The first-order valence-corrected chi connectivity index (χ1v) is 16.8. The molecule has 266 valence electrons. The highest BCUT2D eigenvalue weighted by Crippen LogP contribution is 2.47. The first-order chi connectivity index (χ1) is 24.3. The summed E-state index contributed by atoms with van der Waals surface area (Å²) >= 11 is 0. The lowest BCUT2D eigenvalue weighted by atomic mass is 9.87. The number of phenols is 1. The molecule has 1 N–H and O–H groups in total. The lowest BCUT2D eigenvalue weighted by Gasteiger charge is -2.56. The molecule has 0 radical (unpaired) electrons. The number of pyridine rings is 1. The molecule has 2 atom stereocenters. The maximum absolute atomic E-state index is 16.8. The number of terminal acetylenes is 1. The van der Waals surface area contributed by atoms with Gasteiger partial charge in [0, 0.05) is 55.3 Å². The van der Waals surface area contributed by atoms with Crippen molar-refractivity contribution in [1.29, 1.82) is 0 Å². The van der Waals surface area contributed by atoms with E-state index >= 15 is 4.39 Å². The van der Waals surface area contributed by atoms with Gasteiger partial charge in [0.15, 0.2) is 5.82 Å². The van der Waals surface area contributed by atoms with Crippen LogP contribution in [-0.2, 0) is 4.79 Å². The van der Waals surface area contributed by atoms with E-state index in [4.69, 9.17) is 11.2 Å². The summed E-state index contributed by atoms with van der Waals surface area (Å²) < 4.78 is 91.5. The van der Waals surface area contributed by atoms with Gasteiger partial charge >= 0.3 is 18.1 Å². The second kappa shape index (κ2) is 12.1. The maximum Gasteiger partial charge on any atom is 0.471 e. The van der Waals surface area contributed by atoms with E-state index in [0.717, 1.165) is 23.8 Å². The average Bonchev–Trinajstić information content (AvgIpc) is 3.87. The number of ether oxygens (including phenoxy) is 1. The van der Waals surface area contributed by atoms with E-state index in [-0.39, 0.29) is 75.8 Å². The van der Waals surface area contributed by atoms with Crippen molar-refractivity contribution in [3.05, 3.63) is 47.7 Å². The molecule has 2 bridgehead atoms. The Balaban J connectivity index is 1.18. The number of aromatic nitrogens is 3. The Hall–Kier alpha value is -4.84. The van der Waals surface area contributed by atoms with Crippen LogP contribution in [-0.4, -0.2) is 99.5 Å². The summed E-state index contributed by atoms with van der Waals surface area (Å²) in [6.07, 6.45) is 4.18. The number of benzene rings is 2. The van der Waals surface area contributed by atoms with Crippen molar-refractivity contribution in [2.24, 2.45) is 5.41 Å². The summed E-state index contributed by atoms with van der Waals surface area (Å²) in [6, 6.07) is 3.52. The minimum Gasteiger partial charge on any atom is -0.508 e. The number of nitrogens with zero attached hydrogens (tertiary/aromatic N) is 6. The fourth-order valence-electron chi connectivity index (χ4n) is 7.80. The third-order valence-corrected chi connectivity index (χ3v) is 10.6. The van der Waals surface area contributed by atoms with Crippen molar-refractivity contribution in [3.8, 4) is 35.4 Å². The van der Waals surface area contributed by atoms with Gasteiger partial charge < -0.3 is 24.5 Å². The number of carbonyl (C=O) groups excluding carboxylic acids is 1. The number of carbonyl (C=O) groups is 1. The predicted octanol–water partition coefficient (Wildman–Crippen LogP) is 5.75. The molecule has 9 rings (SSSR count). The summed E-state index contributed by atoms with van der Waals surface area (Å²) in [5.74, 6) is -1.32. The van der Waals surface area contributed by atoms with E-state index in [1.807, 2.05) is 0 Å². The number of phenolic OH excluding ortho intramolecular Hbond substituents is 1. The molecular formula is C36H32F6N6O3. The molecule has 2 unspecified atom stereocenters. The zero-order chi connectivity index (χ0) is 35.8. The number of rotatable bonds is 7. The fraction of sp³-hybridized carbons (Fsp3) is 0.444. The Morgan fingerprint density at radius 3 is 2.49 bits per heavy atom. The molecular weight excluding hydrogens is 678 g/mol. The van der Waals surface area contributed by atoms with Crippen molar-refractivity contribution in [2.75, 3.05) is 44.2 Å². The summed E-state index contributed by atoms with van der Waals surface area (Å²) in [4.78, 5) is 30.3. The minimum absolute atomic E-state index is 0.00368. The third-order valence-electron chi connectivity index (χ3n) is 10.6. The van der Waals surface area contributed by atoms with Gasteiger partial charge in [0.25, 0.3) is 0 Å². The molecule has 2 aromatic carbocycles. The number of aromatic hydroxyl groups is 1. The zero-order valence-corrected chi connectivity index (χ0v) is 27.2. The largest absolute Gasteiger partial charge is 0.508 e. The Bertz CT molecular complexity index is 2100.